The highest BCUT2D eigenvalue weighted by molar-refractivity contribution is 5.40. The summed E-state index contributed by atoms with van der Waals surface area (Å²) in [5, 5.41) is 9.46. The van der Waals surface area contributed by atoms with Gasteiger partial charge in [-0.2, -0.15) is 0 Å². The van der Waals surface area contributed by atoms with Gasteiger partial charge in [-0.1, -0.05) is 43.5 Å². The smallest absolute Gasteiger partial charge is 0.119 e. The Morgan fingerprint density at radius 1 is 1.26 bits per heavy atom. The third kappa shape index (κ3) is 4.76. The number of aromatic hydroxyl groups is 1. The third-order valence-corrected chi connectivity index (χ3v) is 3.20. The highest BCUT2D eigenvalue weighted by atomic mass is 16.3. The van der Waals surface area contributed by atoms with E-state index in [2.05, 4.69) is 19.2 Å². The fraction of sp³-hybridized carbons (Fsp3) is 0.294. The number of hydrogen-bond donors (Lipinski definition) is 2. The Morgan fingerprint density at radius 2 is 2.00 bits per heavy atom. The van der Waals surface area contributed by atoms with Crippen molar-refractivity contribution in [3.63, 3.8) is 0 Å². The number of allylic oxidation sites excluding steroid dienone is 2. The van der Waals surface area contributed by atoms with Crippen LogP contribution in [0.2, 0.25) is 0 Å². The Kier molecular flexibility index (Phi) is 6.69. The standard InChI is InChI=1S/C10H12O.C7H11N/c11-10-7-3-5-8-4-1-2-6-9(8)10;1-3-5-7(4-2)6-8/h3,5,7,11H,1-2,4,6H2;3-5H,1-2,6,8H2/b;7-5+. The van der Waals surface area contributed by atoms with Crippen LogP contribution in [0.1, 0.15) is 24.0 Å². The average molecular weight is 257 g/mol. The predicted octanol–water partition coefficient (Wildman–Crippen LogP) is 3.51. The van der Waals surface area contributed by atoms with E-state index in [9.17, 15) is 5.11 Å². The molecule has 19 heavy (non-hydrogen) atoms. The fourth-order valence-corrected chi connectivity index (χ4v) is 2.13. The lowest BCUT2D eigenvalue weighted by atomic mass is 9.91. The zero-order chi connectivity index (χ0) is 14.1. The second-order valence-electron chi connectivity index (χ2n) is 4.51. The molecule has 1 aliphatic carbocycles. The highest BCUT2D eigenvalue weighted by Crippen LogP contribution is 2.27. The molecule has 0 heterocycles. The van der Waals surface area contributed by atoms with Crippen molar-refractivity contribution in [2.24, 2.45) is 5.73 Å². The quantitative estimate of drug-likeness (QED) is 0.814. The predicted molar refractivity (Wildman–Crippen MR) is 82.3 cm³/mol. The van der Waals surface area contributed by atoms with Gasteiger partial charge in [0.1, 0.15) is 5.75 Å². The maximum atomic E-state index is 9.46. The molecule has 0 fully saturated rings. The van der Waals surface area contributed by atoms with Crippen LogP contribution in [0.5, 0.6) is 5.75 Å². The molecule has 0 unspecified atom stereocenters. The van der Waals surface area contributed by atoms with Crippen LogP contribution in [0, 0.1) is 0 Å². The van der Waals surface area contributed by atoms with Crippen molar-refractivity contribution in [3.05, 3.63) is 66.3 Å². The summed E-state index contributed by atoms with van der Waals surface area (Å²) in [6.07, 6.45) is 9.96. The minimum atomic E-state index is 0.488. The maximum absolute atomic E-state index is 9.46. The van der Waals surface area contributed by atoms with Crippen molar-refractivity contribution in [1.82, 2.24) is 0 Å². The number of benzene rings is 1. The molecular formula is C17H23NO. The minimum Gasteiger partial charge on any atom is -0.508 e. The molecule has 0 atom stereocenters. The van der Waals surface area contributed by atoms with Crippen LogP contribution in [0.25, 0.3) is 0 Å². The number of hydrogen-bond acceptors (Lipinski definition) is 2. The molecule has 3 N–H and O–H groups in total. The van der Waals surface area contributed by atoms with Crippen LogP contribution in [0.4, 0.5) is 0 Å². The molecule has 0 saturated carbocycles. The lowest BCUT2D eigenvalue weighted by molar-refractivity contribution is 0.462. The van der Waals surface area contributed by atoms with Crippen molar-refractivity contribution in [2.45, 2.75) is 25.7 Å². The molecule has 0 amide bonds. The second kappa shape index (κ2) is 8.33. The summed E-state index contributed by atoms with van der Waals surface area (Å²) in [6, 6.07) is 5.83. The molecule has 0 saturated heterocycles. The molecule has 0 aromatic heterocycles. The van der Waals surface area contributed by atoms with Gasteiger partial charge >= 0.3 is 0 Å². The van der Waals surface area contributed by atoms with Crippen molar-refractivity contribution in [3.8, 4) is 5.75 Å². The molecule has 0 aliphatic heterocycles. The number of aryl methyl sites for hydroxylation is 1. The summed E-state index contributed by atoms with van der Waals surface area (Å²) < 4.78 is 0. The zero-order valence-corrected chi connectivity index (χ0v) is 11.4. The molecule has 0 radical (unpaired) electrons. The van der Waals surface area contributed by atoms with E-state index in [1.54, 1.807) is 18.2 Å². The van der Waals surface area contributed by atoms with Crippen LogP contribution in [-0.4, -0.2) is 11.7 Å². The van der Waals surface area contributed by atoms with Crippen LogP contribution >= 0.6 is 0 Å². The van der Waals surface area contributed by atoms with E-state index in [4.69, 9.17) is 5.73 Å². The van der Waals surface area contributed by atoms with Crippen LogP contribution in [-0.2, 0) is 12.8 Å². The Morgan fingerprint density at radius 3 is 2.53 bits per heavy atom. The largest absolute Gasteiger partial charge is 0.508 e. The first kappa shape index (κ1) is 15.3. The zero-order valence-electron chi connectivity index (χ0n) is 11.4. The summed E-state index contributed by atoms with van der Waals surface area (Å²) in [5.74, 6) is 0.488. The fourth-order valence-electron chi connectivity index (χ4n) is 2.13. The van der Waals surface area contributed by atoms with Gasteiger partial charge in [0.05, 0.1) is 0 Å². The molecule has 1 aromatic carbocycles. The van der Waals surface area contributed by atoms with Gasteiger partial charge in [0, 0.05) is 6.54 Å². The third-order valence-electron chi connectivity index (χ3n) is 3.20. The maximum Gasteiger partial charge on any atom is 0.119 e. The van der Waals surface area contributed by atoms with Crippen LogP contribution in [0.3, 0.4) is 0 Å². The van der Waals surface area contributed by atoms with Gasteiger partial charge in [0.2, 0.25) is 0 Å². The molecule has 2 rings (SSSR count). The molecule has 1 aliphatic rings. The first-order chi connectivity index (χ1) is 9.22. The van der Waals surface area contributed by atoms with E-state index in [1.165, 1.54) is 24.0 Å². The van der Waals surface area contributed by atoms with E-state index >= 15 is 0 Å². The first-order valence-corrected chi connectivity index (χ1v) is 6.66. The summed E-state index contributed by atoms with van der Waals surface area (Å²) >= 11 is 0. The number of nitrogens with two attached hydrogens (primary N) is 1. The van der Waals surface area contributed by atoms with E-state index in [-0.39, 0.29) is 0 Å². The Labute approximate surface area is 116 Å². The van der Waals surface area contributed by atoms with Gasteiger partial charge in [-0.25, -0.2) is 0 Å². The molecule has 1 aromatic rings. The number of phenols is 1. The van der Waals surface area contributed by atoms with Crippen molar-refractivity contribution >= 4 is 0 Å². The van der Waals surface area contributed by atoms with E-state index in [0.717, 1.165) is 18.4 Å². The number of rotatable bonds is 3. The second-order valence-corrected chi connectivity index (χ2v) is 4.51. The molecule has 2 nitrogen and oxygen atoms in total. The minimum absolute atomic E-state index is 0.488. The van der Waals surface area contributed by atoms with Gasteiger partial charge in [-0.3, -0.25) is 0 Å². The Hall–Kier alpha value is -1.80. The topological polar surface area (TPSA) is 46.2 Å². The SMILES string of the molecule is C=C/C=C(\C=C)CN.Oc1cccc2c1CCCC2. The number of phenolic OH excluding ortho intramolecular Hbond substituents is 1. The lowest BCUT2D eigenvalue weighted by Gasteiger charge is -2.15. The normalized spacial score (nSPS) is 13.8. The summed E-state index contributed by atoms with van der Waals surface area (Å²) in [6.45, 7) is 7.61. The monoisotopic (exact) mass is 257 g/mol. The van der Waals surface area contributed by atoms with Crippen molar-refractivity contribution < 1.29 is 5.11 Å². The van der Waals surface area contributed by atoms with Gasteiger partial charge in [-0.15, -0.1) is 0 Å². The van der Waals surface area contributed by atoms with Crippen molar-refractivity contribution in [1.29, 1.82) is 0 Å². The van der Waals surface area contributed by atoms with Crippen molar-refractivity contribution in [2.75, 3.05) is 6.54 Å². The molecular weight excluding hydrogens is 234 g/mol. The average Bonchev–Trinajstić information content (AvgIpc) is 2.46. The molecule has 0 bridgehead atoms. The molecule has 102 valence electrons. The molecule has 0 spiro atoms. The first-order valence-electron chi connectivity index (χ1n) is 6.66. The summed E-state index contributed by atoms with van der Waals surface area (Å²) in [4.78, 5) is 0. The van der Waals surface area contributed by atoms with Gasteiger partial charge < -0.3 is 10.8 Å². The lowest BCUT2D eigenvalue weighted by Crippen LogP contribution is -2.01. The Bertz CT molecular complexity index is 460. The van der Waals surface area contributed by atoms with E-state index in [0.29, 0.717) is 12.3 Å². The van der Waals surface area contributed by atoms with Gasteiger partial charge in [0.15, 0.2) is 0 Å². The van der Waals surface area contributed by atoms with E-state index in [1.807, 2.05) is 12.1 Å². The highest BCUT2D eigenvalue weighted by Gasteiger charge is 2.11. The van der Waals surface area contributed by atoms with Gasteiger partial charge in [0.25, 0.3) is 0 Å². The van der Waals surface area contributed by atoms with Gasteiger partial charge in [-0.05, 0) is 48.4 Å². The summed E-state index contributed by atoms with van der Waals surface area (Å²) in [7, 11) is 0. The Balaban J connectivity index is 0.000000203. The van der Waals surface area contributed by atoms with Crippen LogP contribution < -0.4 is 5.73 Å². The van der Waals surface area contributed by atoms with E-state index < -0.39 is 0 Å². The number of fused-ring (bicyclic) bond motifs is 1. The summed E-state index contributed by atoms with van der Waals surface area (Å²) in [5.41, 5.74) is 8.82. The van der Waals surface area contributed by atoms with Crippen LogP contribution in [0.15, 0.2) is 55.2 Å². The molecule has 2 heteroatoms.